The van der Waals surface area contributed by atoms with Crippen molar-refractivity contribution in [1.29, 1.82) is 0 Å². The molecule has 27 heavy (non-hydrogen) atoms. The molecule has 1 aliphatic carbocycles. The van der Waals surface area contributed by atoms with Crippen LogP contribution in [-0.2, 0) is 19.1 Å². The van der Waals surface area contributed by atoms with Crippen LogP contribution in [0.2, 0.25) is 0 Å². The van der Waals surface area contributed by atoms with Crippen molar-refractivity contribution in [2.24, 2.45) is 11.8 Å². The SMILES string of the molecule is O=C(O)C[C@@H]1CCC(=O)[C@@H]1C/C=C\CCO[C@@H]1O[C@@H](CO)[C@@H](O)[C@H](O)[C@H]1O. The number of carbonyl (C=O) groups excluding carboxylic acids is 1. The van der Waals surface area contributed by atoms with Crippen LogP contribution in [0.5, 0.6) is 0 Å². The third-order valence-electron chi connectivity index (χ3n) is 5.15. The Hall–Kier alpha value is -1.36. The van der Waals surface area contributed by atoms with Gasteiger partial charge in [0.2, 0.25) is 0 Å². The molecule has 1 saturated carbocycles. The van der Waals surface area contributed by atoms with Gasteiger partial charge in [-0.3, -0.25) is 9.59 Å². The summed E-state index contributed by atoms with van der Waals surface area (Å²) >= 11 is 0. The first-order valence-electron chi connectivity index (χ1n) is 9.16. The van der Waals surface area contributed by atoms with Crippen LogP contribution in [-0.4, -0.2) is 81.2 Å². The zero-order valence-electron chi connectivity index (χ0n) is 15.0. The summed E-state index contributed by atoms with van der Waals surface area (Å²) in [6, 6.07) is 0. The second-order valence-corrected chi connectivity index (χ2v) is 7.03. The summed E-state index contributed by atoms with van der Waals surface area (Å²) < 4.78 is 10.6. The van der Waals surface area contributed by atoms with Crippen molar-refractivity contribution in [2.45, 2.75) is 62.8 Å². The Morgan fingerprint density at radius 1 is 1.19 bits per heavy atom. The van der Waals surface area contributed by atoms with Gasteiger partial charge < -0.3 is 35.0 Å². The highest BCUT2D eigenvalue weighted by molar-refractivity contribution is 5.84. The third-order valence-corrected chi connectivity index (χ3v) is 5.15. The van der Waals surface area contributed by atoms with Crippen molar-refractivity contribution in [3.05, 3.63) is 12.2 Å². The monoisotopic (exact) mass is 388 g/mol. The number of aliphatic carboxylic acids is 1. The lowest BCUT2D eigenvalue weighted by Gasteiger charge is -2.39. The number of ketones is 1. The Labute approximate surface area is 157 Å². The molecule has 0 aromatic rings. The molecule has 154 valence electrons. The predicted octanol–water partition coefficient (Wildman–Crippen LogP) is -0.791. The van der Waals surface area contributed by atoms with Crippen LogP contribution in [0.4, 0.5) is 0 Å². The Morgan fingerprint density at radius 2 is 1.93 bits per heavy atom. The minimum Gasteiger partial charge on any atom is -0.481 e. The Bertz CT molecular complexity index is 533. The fourth-order valence-electron chi connectivity index (χ4n) is 3.59. The lowest BCUT2D eigenvalue weighted by Crippen LogP contribution is -2.59. The number of aliphatic hydroxyl groups excluding tert-OH is 4. The van der Waals surface area contributed by atoms with Gasteiger partial charge in [0.05, 0.1) is 13.2 Å². The molecule has 0 bridgehead atoms. The van der Waals surface area contributed by atoms with Gasteiger partial charge in [-0.15, -0.1) is 0 Å². The summed E-state index contributed by atoms with van der Waals surface area (Å²) in [6.07, 6.45) is -0.898. The number of rotatable bonds is 9. The highest BCUT2D eigenvalue weighted by Gasteiger charge is 2.43. The van der Waals surface area contributed by atoms with Gasteiger partial charge in [0.1, 0.15) is 30.2 Å². The molecule has 5 N–H and O–H groups in total. The molecule has 0 amide bonds. The molecule has 9 nitrogen and oxygen atoms in total. The molecule has 1 aliphatic heterocycles. The minimum atomic E-state index is -1.48. The Balaban J connectivity index is 1.73. The van der Waals surface area contributed by atoms with Gasteiger partial charge in [-0.25, -0.2) is 0 Å². The number of carboxylic acid groups (broad SMARTS) is 1. The maximum Gasteiger partial charge on any atom is 0.303 e. The fraction of sp³-hybridized carbons (Fsp3) is 0.778. The van der Waals surface area contributed by atoms with E-state index in [-0.39, 0.29) is 30.6 Å². The van der Waals surface area contributed by atoms with E-state index in [1.54, 1.807) is 6.08 Å². The number of carbonyl (C=O) groups is 2. The highest BCUT2D eigenvalue weighted by Crippen LogP contribution is 2.34. The highest BCUT2D eigenvalue weighted by atomic mass is 16.7. The fourth-order valence-corrected chi connectivity index (χ4v) is 3.59. The van der Waals surface area contributed by atoms with E-state index in [1.807, 2.05) is 6.08 Å². The second-order valence-electron chi connectivity index (χ2n) is 7.03. The van der Waals surface area contributed by atoms with Gasteiger partial charge in [-0.1, -0.05) is 12.2 Å². The van der Waals surface area contributed by atoms with Gasteiger partial charge in [0.15, 0.2) is 6.29 Å². The van der Waals surface area contributed by atoms with Crippen molar-refractivity contribution in [2.75, 3.05) is 13.2 Å². The van der Waals surface area contributed by atoms with Crippen LogP contribution in [0.1, 0.15) is 32.1 Å². The number of Topliss-reactive ketones (excluding diaryl/α,β-unsaturated/α-hetero) is 1. The average Bonchev–Trinajstić information content (AvgIpc) is 2.96. The van der Waals surface area contributed by atoms with Gasteiger partial charge in [-0.05, 0) is 25.2 Å². The van der Waals surface area contributed by atoms with Gasteiger partial charge in [0, 0.05) is 18.8 Å². The summed E-state index contributed by atoms with van der Waals surface area (Å²) in [5.74, 6) is -1.17. The second kappa shape index (κ2) is 10.3. The maximum absolute atomic E-state index is 11.9. The van der Waals surface area contributed by atoms with Crippen LogP contribution in [0.25, 0.3) is 0 Å². The van der Waals surface area contributed by atoms with Gasteiger partial charge >= 0.3 is 5.97 Å². The topological polar surface area (TPSA) is 154 Å². The molecular weight excluding hydrogens is 360 g/mol. The standard InChI is InChI=1S/C18H28O9/c19-9-13-15(23)16(24)17(25)18(27-13)26-7-3-1-2-4-11-10(8-14(21)22)5-6-12(11)20/h1-2,10-11,13,15-19,23-25H,3-9H2,(H,21,22)/b2-1-/t10-,11+,13-,15+,16-,17+,18+/m0/s1. The smallest absolute Gasteiger partial charge is 0.303 e. The number of hydrogen-bond acceptors (Lipinski definition) is 8. The average molecular weight is 388 g/mol. The van der Waals surface area contributed by atoms with Crippen molar-refractivity contribution in [1.82, 2.24) is 0 Å². The van der Waals surface area contributed by atoms with E-state index in [0.29, 0.717) is 25.7 Å². The lowest BCUT2D eigenvalue weighted by molar-refractivity contribution is -0.300. The molecule has 1 saturated heterocycles. The van der Waals surface area contributed by atoms with Crippen LogP contribution < -0.4 is 0 Å². The zero-order valence-corrected chi connectivity index (χ0v) is 15.0. The van der Waals surface area contributed by atoms with Crippen LogP contribution in [0, 0.1) is 11.8 Å². The molecule has 2 aliphatic rings. The summed E-state index contributed by atoms with van der Waals surface area (Å²) in [4.78, 5) is 22.7. The van der Waals surface area contributed by atoms with E-state index < -0.39 is 43.3 Å². The number of carboxylic acids is 1. The van der Waals surface area contributed by atoms with Crippen LogP contribution in [0.3, 0.4) is 0 Å². The van der Waals surface area contributed by atoms with E-state index in [4.69, 9.17) is 19.7 Å². The Morgan fingerprint density at radius 3 is 2.59 bits per heavy atom. The van der Waals surface area contributed by atoms with Crippen molar-refractivity contribution >= 4 is 11.8 Å². The summed E-state index contributed by atoms with van der Waals surface area (Å²) in [6.45, 7) is -0.353. The molecule has 0 unspecified atom stereocenters. The van der Waals surface area contributed by atoms with Crippen LogP contribution in [0.15, 0.2) is 12.2 Å². The first-order valence-corrected chi connectivity index (χ1v) is 9.16. The molecule has 1 heterocycles. The Kier molecular flexibility index (Phi) is 8.33. The molecule has 0 spiro atoms. The molecule has 9 heteroatoms. The maximum atomic E-state index is 11.9. The number of aliphatic hydroxyl groups is 4. The quantitative estimate of drug-likeness (QED) is 0.252. The summed E-state index contributed by atoms with van der Waals surface area (Å²) in [5.41, 5.74) is 0. The van der Waals surface area contributed by atoms with Gasteiger partial charge in [0.25, 0.3) is 0 Å². The van der Waals surface area contributed by atoms with Crippen molar-refractivity contribution in [3.63, 3.8) is 0 Å². The number of hydrogen-bond donors (Lipinski definition) is 5. The van der Waals surface area contributed by atoms with E-state index in [0.717, 1.165) is 0 Å². The van der Waals surface area contributed by atoms with Crippen molar-refractivity contribution < 1.29 is 44.6 Å². The van der Waals surface area contributed by atoms with Crippen molar-refractivity contribution in [3.8, 4) is 0 Å². The molecule has 0 radical (unpaired) electrons. The number of allylic oxidation sites excluding steroid dienone is 1. The molecule has 2 rings (SSSR count). The summed E-state index contributed by atoms with van der Waals surface area (Å²) in [7, 11) is 0. The zero-order chi connectivity index (χ0) is 20.0. The number of ether oxygens (including phenoxy) is 2. The molecule has 0 aromatic carbocycles. The molecule has 0 aromatic heterocycles. The first kappa shape index (κ1) is 21.9. The van der Waals surface area contributed by atoms with Crippen LogP contribution >= 0.6 is 0 Å². The van der Waals surface area contributed by atoms with E-state index in [2.05, 4.69) is 0 Å². The van der Waals surface area contributed by atoms with E-state index in [9.17, 15) is 24.9 Å². The molecular formula is C18H28O9. The third kappa shape index (κ3) is 5.81. The van der Waals surface area contributed by atoms with Gasteiger partial charge in [-0.2, -0.15) is 0 Å². The predicted molar refractivity (Wildman–Crippen MR) is 91.6 cm³/mol. The minimum absolute atomic E-state index is 0.00443. The largest absolute Gasteiger partial charge is 0.481 e. The molecule has 7 atom stereocenters. The normalized spacial score (nSPS) is 37.2. The van der Waals surface area contributed by atoms with E-state index >= 15 is 0 Å². The lowest BCUT2D eigenvalue weighted by atomic mass is 9.89. The molecule has 2 fully saturated rings. The van der Waals surface area contributed by atoms with E-state index in [1.165, 1.54) is 0 Å². The summed E-state index contributed by atoms with van der Waals surface area (Å²) in [5, 5.41) is 47.3. The first-order chi connectivity index (χ1) is 12.8.